The fourth-order valence-corrected chi connectivity index (χ4v) is 12.9. The van der Waals surface area contributed by atoms with Crippen molar-refractivity contribution in [3.8, 4) is 115 Å². The molecule has 2 unspecified atom stereocenters. The standard InChI is InChI=1S/C60H46O24/c61-23-13-34(71)42-38(14-23)81-59(21-3-7-27(64)32(69)11-21)57(77)49(42)45-40(83-59)18-41-46(51(45)75)50-47-39(82-60(84-41,58(50)78)22-4-8-28(65)33(70)12-22)17-36(73)44-48(52(76)54(80-56(44)47)20-2-6-26(63)31(68)10-20)43-35(72)16-29(66)24-15-37(74)53(79-55(24)43)19-1-5-25(62)30(67)9-19/h1-14,16-18,37,48-50,52-54,57-58,61-78H,15H2/t37-,48+,49?,50?,52-,53-,54-,57-,58-,59-,60+/m1/s1. The van der Waals surface area contributed by atoms with Gasteiger partial charge in [-0.1, -0.05) is 12.1 Å². The number of ether oxygens (including phenoxy) is 6. The zero-order chi connectivity index (χ0) is 59.1. The van der Waals surface area contributed by atoms with Crippen molar-refractivity contribution in [2.45, 2.75) is 72.4 Å². The van der Waals surface area contributed by atoms with Gasteiger partial charge in [0.25, 0.3) is 0 Å². The highest BCUT2D eigenvalue weighted by atomic mass is 16.7. The third kappa shape index (κ3) is 7.01. The molecule has 0 aromatic heterocycles. The molecule has 8 aromatic carbocycles. The largest absolute Gasteiger partial charge is 0.508 e. The van der Waals surface area contributed by atoms with Crippen LogP contribution in [0.25, 0.3) is 0 Å². The van der Waals surface area contributed by atoms with Crippen molar-refractivity contribution in [1.29, 1.82) is 0 Å². The van der Waals surface area contributed by atoms with Crippen molar-refractivity contribution in [1.82, 2.24) is 0 Å². The van der Waals surface area contributed by atoms with Crippen LogP contribution < -0.4 is 28.4 Å². The molecule has 430 valence electrons. The van der Waals surface area contributed by atoms with E-state index in [9.17, 15) is 91.9 Å². The first-order valence-electron chi connectivity index (χ1n) is 25.8. The summed E-state index contributed by atoms with van der Waals surface area (Å²) >= 11 is 0. The summed E-state index contributed by atoms with van der Waals surface area (Å²) in [7, 11) is 0. The number of rotatable bonds is 5. The van der Waals surface area contributed by atoms with Gasteiger partial charge in [0.1, 0.15) is 93.4 Å². The topological polar surface area (TPSA) is 420 Å². The highest BCUT2D eigenvalue weighted by Crippen LogP contribution is 2.69. The molecule has 24 heteroatoms. The molecule has 24 nitrogen and oxygen atoms in total. The predicted octanol–water partition coefficient (Wildman–Crippen LogP) is 5.49. The van der Waals surface area contributed by atoms with Crippen LogP contribution in [-0.4, -0.2) is 116 Å². The lowest BCUT2D eigenvalue weighted by molar-refractivity contribution is -0.223. The van der Waals surface area contributed by atoms with Crippen LogP contribution in [0.3, 0.4) is 0 Å². The number of aliphatic hydroxyl groups is 4. The lowest BCUT2D eigenvalue weighted by Crippen LogP contribution is -2.59. The second-order valence-corrected chi connectivity index (χ2v) is 21.4. The summed E-state index contributed by atoms with van der Waals surface area (Å²) in [6, 6.07) is 18.8. The molecule has 14 rings (SSSR count). The van der Waals surface area contributed by atoms with Gasteiger partial charge in [-0.15, -0.1) is 0 Å². The van der Waals surface area contributed by atoms with Gasteiger partial charge >= 0.3 is 11.6 Å². The molecule has 0 fully saturated rings. The lowest BCUT2D eigenvalue weighted by atomic mass is 9.69. The molecule has 0 saturated heterocycles. The molecule has 0 spiro atoms. The van der Waals surface area contributed by atoms with Gasteiger partial charge in [0.2, 0.25) is 0 Å². The number of phenols is 14. The average molecular weight is 1150 g/mol. The van der Waals surface area contributed by atoms with Gasteiger partial charge in [0, 0.05) is 86.8 Å². The van der Waals surface area contributed by atoms with Crippen LogP contribution in [0.4, 0.5) is 0 Å². The van der Waals surface area contributed by atoms with Gasteiger partial charge in [0.15, 0.2) is 52.1 Å². The SMILES string of the molecule is Oc1cc(O)c2c(c1)O[C@]1(c3ccc(O)c(O)c3)Oc3cc4c(c(O)c3C2[C@H]1O)C1c2c(cc(O)c3c2O[C@H](c2ccc(O)c(O)c2)[C@H](O)[C@H]3c2c(O)cc(O)c3c2O[C@H](c2ccc(O)c(O)c2)[C@H](O)C3)O[C@@](c2ccc(O)c(O)c2)(O4)[C@@H]1O. The van der Waals surface area contributed by atoms with Crippen LogP contribution >= 0.6 is 0 Å². The van der Waals surface area contributed by atoms with E-state index in [1.54, 1.807) is 0 Å². The Labute approximate surface area is 470 Å². The van der Waals surface area contributed by atoms with Crippen molar-refractivity contribution in [2.75, 3.05) is 0 Å². The Bertz CT molecular complexity index is 4180. The van der Waals surface area contributed by atoms with Gasteiger partial charge in [0.05, 0.1) is 23.9 Å². The van der Waals surface area contributed by atoms with Crippen molar-refractivity contribution < 1.29 is 120 Å². The Balaban J connectivity index is 1.04. The predicted molar refractivity (Wildman–Crippen MR) is 281 cm³/mol. The van der Waals surface area contributed by atoms with E-state index < -0.39 is 152 Å². The second-order valence-electron chi connectivity index (χ2n) is 21.4. The van der Waals surface area contributed by atoms with Gasteiger partial charge in [-0.05, 0) is 71.8 Å². The molecule has 6 aliphatic heterocycles. The molecule has 0 radical (unpaired) electrons. The summed E-state index contributed by atoms with van der Waals surface area (Å²) < 4.78 is 39.5. The molecule has 6 aliphatic rings. The second kappa shape index (κ2) is 17.6. The highest BCUT2D eigenvalue weighted by molar-refractivity contribution is 5.75. The summed E-state index contributed by atoms with van der Waals surface area (Å²) in [5.41, 5.74) is -2.15. The molecule has 4 bridgehead atoms. The molecular formula is C60H46O24. The van der Waals surface area contributed by atoms with Gasteiger partial charge in [-0.3, -0.25) is 0 Å². The van der Waals surface area contributed by atoms with Crippen molar-refractivity contribution in [3.05, 3.63) is 164 Å². The Morgan fingerprint density at radius 1 is 0.345 bits per heavy atom. The molecule has 6 heterocycles. The van der Waals surface area contributed by atoms with Crippen LogP contribution in [0.1, 0.15) is 91.2 Å². The zero-order valence-corrected chi connectivity index (χ0v) is 42.7. The lowest BCUT2D eigenvalue weighted by Gasteiger charge is -2.53. The van der Waals surface area contributed by atoms with Crippen LogP contribution in [0, 0.1) is 0 Å². The molecule has 18 N–H and O–H groups in total. The van der Waals surface area contributed by atoms with Crippen LogP contribution in [0.5, 0.6) is 115 Å². The average Bonchev–Trinajstić information content (AvgIpc) is 0.854. The normalized spacial score (nSPS) is 26.3. The molecule has 8 aromatic rings. The minimum atomic E-state index is -2.56. The summed E-state index contributed by atoms with van der Waals surface area (Å²) in [5, 5.41) is 207. The van der Waals surface area contributed by atoms with Gasteiger partial charge in [-0.25, -0.2) is 0 Å². The molecular weight excluding hydrogens is 1100 g/mol. The quantitative estimate of drug-likeness (QED) is 0.0947. The van der Waals surface area contributed by atoms with Crippen LogP contribution in [0.2, 0.25) is 0 Å². The number of hydrogen-bond donors (Lipinski definition) is 18. The maximum Gasteiger partial charge on any atom is 0.305 e. The monoisotopic (exact) mass is 1150 g/mol. The van der Waals surface area contributed by atoms with E-state index in [0.29, 0.717) is 0 Å². The molecule has 0 aliphatic carbocycles. The smallest absolute Gasteiger partial charge is 0.305 e. The van der Waals surface area contributed by atoms with Gasteiger partial charge < -0.3 is 120 Å². The number of aromatic hydroxyl groups is 14. The van der Waals surface area contributed by atoms with Crippen molar-refractivity contribution in [2.24, 2.45) is 0 Å². The Morgan fingerprint density at radius 3 is 1.32 bits per heavy atom. The number of benzene rings is 8. The fraction of sp³-hybridized carbons (Fsp3) is 0.200. The molecule has 11 atom stereocenters. The fourth-order valence-electron chi connectivity index (χ4n) is 12.9. The first-order valence-corrected chi connectivity index (χ1v) is 25.8. The van der Waals surface area contributed by atoms with Crippen LogP contribution in [0.15, 0.2) is 103 Å². The van der Waals surface area contributed by atoms with E-state index in [2.05, 4.69) is 0 Å². The summed E-state index contributed by atoms with van der Waals surface area (Å²) in [4.78, 5) is 0. The molecule has 84 heavy (non-hydrogen) atoms. The maximum atomic E-state index is 13.3. The van der Waals surface area contributed by atoms with Crippen molar-refractivity contribution in [3.63, 3.8) is 0 Å². The zero-order valence-electron chi connectivity index (χ0n) is 42.7. The van der Waals surface area contributed by atoms with Crippen LogP contribution in [-0.2, 0) is 18.0 Å². The highest BCUT2D eigenvalue weighted by Gasteiger charge is 2.64. The van der Waals surface area contributed by atoms with Gasteiger partial charge in [-0.2, -0.15) is 0 Å². The minimum absolute atomic E-state index is 0.0532. The van der Waals surface area contributed by atoms with E-state index in [4.69, 9.17) is 28.4 Å². The number of aliphatic hydroxyl groups excluding tert-OH is 4. The summed E-state index contributed by atoms with van der Waals surface area (Å²) in [6.45, 7) is 0. The summed E-state index contributed by atoms with van der Waals surface area (Å²) in [6.07, 6.45) is -11.1. The third-order valence-corrected chi connectivity index (χ3v) is 16.7. The minimum Gasteiger partial charge on any atom is -0.508 e. The molecule has 0 saturated carbocycles. The first kappa shape index (κ1) is 51.7. The first-order chi connectivity index (χ1) is 40.0. The van der Waals surface area contributed by atoms with E-state index in [-0.39, 0.29) is 96.4 Å². The third-order valence-electron chi connectivity index (χ3n) is 16.7. The number of phenolic OH excluding ortho intramolecular Hbond substituents is 14. The van der Waals surface area contributed by atoms with E-state index in [0.717, 1.165) is 72.8 Å². The van der Waals surface area contributed by atoms with Crippen molar-refractivity contribution >= 4 is 0 Å². The Hall–Kier alpha value is -10.4. The maximum absolute atomic E-state index is 13.3. The Morgan fingerprint density at radius 2 is 0.786 bits per heavy atom. The molecule has 0 amide bonds. The van der Waals surface area contributed by atoms with E-state index in [1.807, 2.05) is 0 Å². The van der Waals surface area contributed by atoms with E-state index in [1.165, 1.54) is 30.3 Å². The number of fused-ring (bicyclic) bond motifs is 15. The Kier molecular flexibility index (Phi) is 10.8. The van der Waals surface area contributed by atoms with E-state index >= 15 is 0 Å². The number of hydrogen-bond acceptors (Lipinski definition) is 24. The summed E-state index contributed by atoms with van der Waals surface area (Å²) in [5.74, 6) is -21.3.